The van der Waals surface area contributed by atoms with E-state index >= 15 is 0 Å². The first-order valence-electron chi connectivity index (χ1n) is 7.19. The van der Waals surface area contributed by atoms with Crippen LogP contribution in [-0.4, -0.2) is 16.0 Å². The molecule has 0 unspecified atom stereocenters. The number of ether oxygens (including phenoxy) is 1. The molecule has 1 atom stereocenters. The molecule has 0 spiro atoms. The second kappa shape index (κ2) is 6.72. The van der Waals surface area contributed by atoms with Crippen LogP contribution in [0.15, 0.2) is 53.1 Å². The van der Waals surface area contributed by atoms with Crippen LogP contribution in [0.1, 0.15) is 29.2 Å². The molecule has 0 fully saturated rings. The molecule has 0 aliphatic rings. The van der Waals surface area contributed by atoms with Crippen molar-refractivity contribution in [3.05, 3.63) is 64.9 Å². The molecular formula is C17H14ClN3O3. The average molecular weight is 344 g/mol. The fourth-order valence-electron chi connectivity index (χ4n) is 2.14. The van der Waals surface area contributed by atoms with Gasteiger partial charge in [-0.1, -0.05) is 35.0 Å². The van der Waals surface area contributed by atoms with Gasteiger partial charge in [-0.05, 0) is 37.3 Å². The zero-order valence-electron chi connectivity index (χ0n) is 12.8. The number of carbonyl (C=O) groups is 1. The molecule has 1 amide bonds. The summed E-state index contributed by atoms with van der Waals surface area (Å²) < 4.78 is 11.0. The van der Waals surface area contributed by atoms with Crippen molar-refractivity contribution in [3.8, 4) is 17.2 Å². The molecule has 122 valence electrons. The van der Waals surface area contributed by atoms with E-state index in [2.05, 4.69) is 10.1 Å². The van der Waals surface area contributed by atoms with Gasteiger partial charge in [-0.3, -0.25) is 4.79 Å². The molecule has 2 aromatic carbocycles. The molecule has 0 aliphatic heterocycles. The van der Waals surface area contributed by atoms with Gasteiger partial charge in [0.05, 0.1) is 5.56 Å². The van der Waals surface area contributed by atoms with Crippen molar-refractivity contribution >= 4 is 17.5 Å². The smallest absolute Gasteiger partial charge is 0.258 e. The minimum absolute atomic E-state index is 0.195. The first kappa shape index (κ1) is 16.0. The van der Waals surface area contributed by atoms with Crippen LogP contribution >= 0.6 is 11.6 Å². The predicted molar refractivity (Wildman–Crippen MR) is 88.7 cm³/mol. The molecule has 0 aliphatic carbocycles. The summed E-state index contributed by atoms with van der Waals surface area (Å²) in [7, 11) is 0. The van der Waals surface area contributed by atoms with Gasteiger partial charge in [0.2, 0.25) is 5.82 Å². The Balaban J connectivity index is 1.82. The molecule has 6 nitrogen and oxygen atoms in total. The average Bonchev–Trinajstić information content (AvgIpc) is 3.07. The van der Waals surface area contributed by atoms with Crippen molar-refractivity contribution in [1.29, 1.82) is 0 Å². The highest BCUT2D eigenvalue weighted by Crippen LogP contribution is 2.27. The number of rotatable bonds is 5. The van der Waals surface area contributed by atoms with Gasteiger partial charge < -0.3 is 15.0 Å². The number of primary amides is 1. The van der Waals surface area contributed by atoms with Crippen molar-refractivity contribution in [2.45, 2.75) is 13.0 Å². The highest BCUT2D eigenvalue weighted by molar-refractivity contribution is 6.31. The van der Waals surface area contributed by atoms with Crippen molar-refractivity contribution in [3.63, 3.8) is 0 Å². The van der Waals surface area contributed by atoms with Crippen LogP contribution in [0.2, 0.25) is 5.02 Å². The highest BCUT2D eigenvalue weighted by atomic mass is 35.5. The Hall–Kier alpha value is -2.86. The summed E-state index contributed by atoms with van der Waals surface area (Å²) in [6, 6.07) is 14.0. The Morgan fingerprint density at radius 3 is 2.71 bits per heavy atom. The van der Waals surface area contributed by atoms with Crippen molar-refractivity contribution in [1.82, 2.24) is 10.1 Å². The summed E-state index contributed by atoms with van der Waals surface area (Å²) in [5.74, 6) is 0.440. The van der Waals surface area contributed by atoms with Crippen molar-refractivity contribution in [2.75, 3.05) is 0 Å². The normalized spacial score (nSPS) is 11.9. The Labute approximate surface area is 143 Å². The first-order chi connectivity index (χ1) is 11.5. The molecule has 24 heavy (non-hydrogen) atoms. The zero-order chi connectivity index (χ0) is 17.1. The molecule has 1 aromatic heterocycles. The van der Waals surface area contributed by atoms with Gasteiger partial charge in [0.15, 0.2) is 6.10 Å². The number of nitrogens with two attached hydrogens (primary N) is 1. The van der Waals surface area contributed by atoms with E-state index in [1.165, 1.54) is 6.07 Å². The SMILES string of the molecule is C[C@H](Oc1ccc(Cl)cc1C(N)=O)c1noc(-c2ccccc2)n1. The number of halogens is 1. The fourth-order valence-corrected chi connectivity index (χ4v) is 2.31. The number of carbonyl (C=O) groups excluding carboxylic acids is 1. The minimum atomic E-state index is -0.627. The van der Waals surface area contributed by atoms with Crippen LogP contribution in [0.4, 0.5) is 0 Å². The Morgan fingerprint density at radius 2 is 2.00 bits per heavy atom. The maximum Gasteiger partial charge on any atom is 0.258 e. The third kappa shape index (κ3) is 3.38. The quantitative estimate of drug-likeness (QED) is 0.763. The summed E-state index contributed by atoms with van der Waals surface area (Å²) >= 11 is 5.88. The highest BCUT2D eigenvalue weighted by Gasteiger charge is 2.19. The van der Waals surface area contributed by atoms with E-state index in [1.807, 2.05) is 30.3 Å². The van der Waals surface area contributed by atoms with E-state index in [1.54, 1.807) is 19.1 Å². The molecule has 2 N–H and O–H groups in total. The van der Waals surface area contributed by atoms with Crippen LogP contribution in [0.25, 0.3) is 11.5 Å². The lowest BCUT2D eigenvalue weighted by Gasteiger charge is -2.13. The van der Waals surface area contributed by atoms with E-state index in [0.717, 1.165) is 5.56 Å². The van der Waals surface area contributed by atoms with E-state index in [0.29, 0.717) is 22.5 Å². The van der Waals surface area contributed by atoms with Gasteiger partial charge in [0.1, 0.15) is 5.75 Å². The summed E-state index contributed by atoms with van der Waals surface area (Å²) in [4.78, 5) is 15.8. The largest absolute Gasteiger partial charge is 0.482 e. The van der Waals surface area contributed by atoms with E-state index < -0.39 is 12.0 Å². The van der Waals surface area contributed by atoms with Crippen molar-refractivity contribution in [2.24, 2.45) is 5.73 Å². The third-order valence-corrected chi connectivity index (χ3v) is 3.57. The molecule has 0 saturated carbocycles. The number of amides is 1. The van der Waals surface area contributed by atoms with Crippen molar-refractivity contribution < 1.29 is 14.1 Å². The van der Waals surface area contributed by atoms with Gasteiger partial charge in [-0.2, -0.15) is 4.98 Å². The number of hydrogen-bond acceptors (Lipinski definition) is 5. The molecule has 1 heterocycles. The lowest BCUT2D eigenvalue weighted by Crippen LogP contribution is -2.14. The number of aromatic nitrogens is 2. The minimum Gasteiger partial charge on any atom is -0.482 e. The number of nitrogens with zero attached hydrogens (tertiary/aromatic N) is 2. The number of benzene rings is 2. The summed E-state index contributed by atoms with van der Waals surface area (Å²) in [5.41, 5.74) is 6.36. The van der Waals surface area contributed by atoms with Crippen LogP contribution in [-0.2, 0) is 0 Å². The molecule has 0 bridgehead atoms. The monoisotopic (exact) mass is 343 g/mol. The van der Waals surface area contributed by atoms with E-state index in [4.69, 9.17) is 26.6 Å². The Morgan fingerprint density at radius 1 is 1.25 bits per heavy atom. The van der Waals surface area contributed by atoms with E-state index in [9.17, 15) is 4.79 Å². The summed E-state index contributed by atoms with van der Waals surface area (Å²) in [6.45, 7) is 1.75. The Bertz CT molecular complexity index is 865. The van der Waals surface area contributed by atoms with Crippen LogP contribution < -0.4 is 10.5 Å². The van der Waals surface area contributed by atoms with Gasteiger partial charge >= 0.3 is 0 Å². The van der Waals surface area contributed by atoms with Gasteiger partial charge in [0.25, 0.3) is 11.8 Å². The maximum atomic E-state index is 11.5. The van der Waals surface area contributed by atoms with Crippen LogP contribution in [0, 0.1) is 0 Å². The third-order valence-electron chi connectivity index (χ3n) is 3.34. The summed E-state index contributed by atoms with van der Waals surface area (Å²) in [5, 5.41) is 4.33. The second-order valence-corrected chi connectivity index (χ2v) is 5.53. The molecule has 3 rings (SSSR count). The molecule has 0 saturated heterocycles. The molecule has 0 radical (unpaired) electrons. The van der Waals surface area contributed by atoms with Gasteiger partial charge in [-0.25, -0.2) is 0 Å². The lowest BCUT2D eigenvalue weighted by atomic mass is 10.2. The summed E-state index contributed by atoms with van der Waals surface area (Å²) in [6.07, 6.45) is -0.537. The number of hydrogen-bond donors (Lipinski definition) is 1. The van der Waals surface area contributed by atoms with Gasteiger partial charge in [-0.15, -0.1) is 0 Å². The van der Waals surface area contributed by atoms with Crippen LogP contribution in [0.5, 0.6) is 5.75 Å². The maximum absolute atomic E-state index is 11.5. The standard InChI is InChI=1S/C17H14ClN3O3/c1-10(23-14-8-7-12(18)9-13(14)15(19)22)16-20-17(24-21-16)11-5-3-2-4-6-11/h2-10H,1H3,(H2,19,22)/t10-/m0/s1. The zero-order valence-corrected chi connectivity index (χ0v) is 13.5. The second-order valence-electron chi connectivity index (χ2n) is 5.09. The van der Waals surface area contributed by atoms with Crippen LogP contribution in [0.3, 0.4) is 0 Å². The predicted octanol–water partition coefficient (Wildman–Crippen LogP) is 3.63. The molecular weight excluding hydrogens is 330 g/mol. The molecule has 3 aromatic rings. The topological polar surface area (TPSA) is 91.2 Å². The fraction of sp³-hybridized carbons (Fsp3) is 0.118. The Kier molecular flexibility index (Phi) is 4.48. The first-order valence-corrected chi connectivity index (χ1v) is 7.57. The van der Waals surface area contributed by atoms with E-state index in [-0.39, 0.29) is 5.56 Å². The lowest BCUT2D eigenvalue weighted by molar-refractivity contribution is 0.0993. The van der Waals surface area contributed by atoms with Gasteiger partial charge in [0, 0.05) is 10.6 Å². The molecule has 7 heteroatoms.